The average Bonchev–Trinajstić information content (AvgIpc) is 3.51. The van der Waals surface area contributed by atoms with Crippen molar-refractivity contribution in [2.75, 3.05) is 26.8 Å². The maximum atomic E-state index is 13.7. The van der Waals surface area contributed by atoms with Crippen molar-refractivity contribution in [2.45, 2.75) is 25.7 Å². The number of methoxy groups -OCH3 is 1. The minimum Gasteiger partial charge on any atom is -0.493 e. The largest absolute Gasteiger partial charge is 0.493 e. The Labute approximate surface area is 214 Å². The first-order valence-corrected chi connectivity index (χ1v) is 12.7. The molecule has 1 amide bonds. The Morgan fingerprint density at radius 2 is 2.00 bits per heavy atom. The Morgan fingerprint density at radius 3 is 2.92 bits per heavy atom. The van der Waals surface area contributed by atoms with Crippen LogP contribution in [-0.2, 0) is 12.8 Å². The topological polar surface area (TPSA) is 84.8 Å². The number of imidazole rings is 1. The van der Waals surface area contributed by atoms with Crippen LogP contribution in [0.4, 0.5) is 0 Å². The number of carbonyl (C=O) groups is 1. The third kappa shape index (κ3) is 4.50. The van der Waals surface area contributed by atoms with Crippen LogP contribution in [-0.4, -0.2) is 57.2 Å². The molecule has 1 N–H and O–H groups in total. The van der Waals surface area contributed by atoms with Crippen LogP contribution in [0.15, 0.2) is 67.0 Å². The number of aromatic nitrogens is 4. The minimum atomic E-state index is -0.0625. The monoisotopic (exact) mass is 495 g/mol. The Morgan fingerprint density at radius 1 is 1.08 bits per heavy atom. The highest BCUT2D eigenvalue weighted by molar-refractivity contribution is 5.93. The molecule has 0 radical (unpaired) electrons. The summed E-state index contributed by atoms with van der Waals surface area (Å²) in [5.41, 5.74) is 5.77. The van der Waals surface area contributed by atoms with Gasteiger partial charge < -0.3 is 19.4 Å². The van der Waals surface area contributed by atoms with Gasteiger partial charge in [-0.15, -0.1) is 0 Å². The Balaban J connectivity index is 1.37. The van der Waals surface area contributed by atoms with Crippen LogP contribution in [0.2, 0.25) is 0 Å². The zero-order valence-corrected chi connectivity index (χ0v) is 20.8. The van der Waals surface area contributed by atoms with Crippen LogP contribution >= 0.6 is 0 Å². The molecule has 1 aliphatic heterocycles. The number of nitrogens with one attached hydrogen (secondary N) is 1. The zero-order valence-electron chi connectivity index (χ0n) is 20.8. The predicted molar refractivity (Wildman–Crippen MR) is 141 cm³/mol. The summed E-state index contributed by atoms with van der Waals surface area (Å²) >= 11 is 0. The van der Waals surface area contributed by atoms with Gasteiger partial charge in [-0.05, 0) is 60.7 Å². The van der Waals surface area contributed by atoms with Gasteiger partial charge in [-0.25, -0.2) is 9.50 Å². The van der Waals surface area contributed by atoms with Crippen LogP contribution in [0.3, 0.4) is 0 Å². The predicted octanol–water partition coefficient (Wildman–Crippen LogP) is 4.67. The maximum Gasteiger partial charge on any atom is 0.274 e. The molecule has 0 unspecified atom stereocenters. The van der Waals surface area contributed by atoms with Gasteiger partial charge in [0.25, 0.3) is 5.91 Å². The van der Waals surface area contributed by atoms with E-state index < -0.39 is 0 Å². The van der Waals surface area contributed by atoms with E-state index >= 15 is 0 Å². The van der Waals surface area contributed by atoms with Gasteiger partial charge in [0.2, 0.25) is 0 Å². The Bertz CT molecular complexity index is 1570. The van der Waals surface area contributed by atoms with Crippen molar-refractivity contribution in [2.24, 2.45) is 0 Å². The summed E-state index contributed by atoms with van der Waals surface area (Å²) in [6.07, 6.45) is 6.41. The number of carbonyl (C=O) groups excluding carboxylic acids is 1. The molecule has 1 aliphatic rings. The summed E-state index contributed by atoms with van der Waals surface area (Å²) in [6.45, 7) is 1.77. The summed E-state index contributed by atoms with van der Waals surface area (Å²) in [7, 11) is 1.66. The highest BCUT2D eigenvalue weighted by atomic mass is 16.5. The number of ether oxygens (including phenoxy) is 2. The standard InChI is InChI=1S/C29H29N5O3/c1-36-26-11-10-20-17-24-22(21-7-2-3-8-23(21)32-24)12-15-33(14-4-5-16-37-27(26)18-20)29(35)25-19-30-28-9-6-13-31-34(25)28/h2-3,6-11,13,18-19,32H,4-5,12,14-17H2,1H3. The third-order valence-corrected chi connectivity index (χ3v) is 7.01. The quantitative estimate of drug-likeness (QED) is 0.385. The van der Waals surface area contributed by atoms with E-state index in [9.17, 15) is 4.79 Å². The number of H-pyrrole nitrogens is 1. The molecule has 0 saturated heterocycles. The highest BCUT2D eigenvalue weighted by Gasteiger charge is 2.22. The molecule has 5 aromatic rings. The van der Waals surface area contributed by atoms with E-state index in [-0.39, 0.29) is 5.91 Å². The maximum absolute atomic E-state index is 13.7. The lowest BCUT2D eigenvalue weighted by molar-refractivity contribution is 0.0744. The van der Waals surface area contributed by atoms with Crippen molar-refractivity contribution in [3.8, 4) is 11.5 Å². The molecule has 3 aromatic heterocycles. The molecule has 4 heterocycles. The van der Waals surface area contributed by atoms with E-state index in [4.69, 9.17) is 9.47 Å². The van der Waals surface area contributed by atoms with E-state index in [1.54, 1.807) is 24.0 Å². The fourth-order valence-electron chi connectivity index (χ4n) is 5.13. The van der Waals surface area contributed by atoms with Gasteiger partial charge in [-0.3, -0.25) is 4.79 Å². The van der Waals surface area contributed by atoms with Crippen LogP contribution in [0, 0.1) is 0 Å². The molecular weight excluding hydrogens is 466 g/mol. The fraction of sp³-hybridized carbons (Fsp3) is 0.276. The van der Waals surface area contributed by atoms with Crippen LogP contribution < -0.4 is 9.47 Å². The molecule has 188 valence electrons. The molecule has 0 atom stereocenters. The Kier molecular flexibility index (Phi) is 6.22. The second-order valence-corrected chi connectivity index (χ2v) is 9.32. The van der Waals surface area contributed by atoms with Gasteiger partial charge in [0.15, 0.2) is 22.8 Å². The molecule has 6 rings (SSSR count). The summed E-state index contributed by atoms with van der Waals surface area (Å²) in [6, 6.07) is 18.2. The number of amides is 1. The van der Waals surface area contributed by atoms with E-state index in [1.807, 2.05) is 29.2 Å². The summed E-state index contributed by atoms with van der Waals surface area (Å²) in [5, 5.41) is 5.54. The number of benzene rings is 2. The lowest BCUT2D eigenvalue weighted by Crippen LogP contribution is -2.35. The molecule has 0 aliphatic carbocycles. The van der Waals surface area contributed by atoms with Gasteiger partial charge >= 0.3 is 0 Å². The lowest BCUT2D eigenvalue weighted by atomic mass is 10.0. The third-order valence-electron chi connectivity index (χ3n) is 7.01. The van der Waals surface area contributed by atoms with E-state index in [0.29, 0.717) is 31.0 Å². The van der Waals surface area contributed by atoms with E-state index in [1.165, 1.54) is 10.9 Å². The number of aromatic amines is 1. The smallest absolute Gasteiger partial charge is 0.274 e. The van der Waals surface area contributed by atoms with Crippen molar-refractivity contribution in [3.63, 3.8) is 0 Å². The van der Waals surface area contributed by atoms with Crippen molar-refractivity contribution in [1.82, 2.24) is 24.5 Å². The summed E-state index contributed by atoms with van der Waals surface area (Å²) in [4.78, 5) is 23.6. The van der Waals surface area contributed by atoms with Crippen LogP contribution in [0.5, 0.6) is 11.5 Å². The number of para-hydroxylation sites is 1. The first-order chi connectivity index (χ1) is 18.2. The number of hydrogen-bond donors (Lipinski definition) is 1. The molecule has 0 saturated carbocycles. The number of rotatable bonds is 2. The molecule has 0 fully saturated rings. The van der Waals surface area contributed by atoms with Gasteiger partial charge in [0, 0.05) is 42.3 Å². The van der Waals surface area contributed by atoms with Crippen molar-refractivity contribution < 1.29 is 14.3 Å². The van der Waals surface area contributed by atoms with Crippen molar-refractivity contribution in [1.29, 1.82) is 0 Å². The molecule has 37 heavy (non-hydrogen) atoms. The normalized spacial score (nSPS) is 14.7. The molecule has 8 heteroatoms. The fourth-order valence-corrected chi connectivity index (χ4v) is 5.13. The van der Waals surface area contributed by atoms with Gasteiger partial charge in [0.1, 0.15) is 0 Å². The lowest BCUT2D eigenvalue weighted by Gasteiger charge is -2.23. The molecule has 8 nitrogen and oxygen atoms in total. The molecular formula is C29H29N5O3. The van der Waals surface area contributed by atoms with E-state index in [2.05, 4.69) is 45.4 Å². The first kappa shape index (κ1) is 23.1. The first-order valence-electron chi connectivity index (χ1n) is 12.7. The van der Waals surface area contributed by atoms with Gasteiger partial charge in [-0.1, -0.05) is 24.3 Å². The van der Waals surface area contributed by atoms with Crippen molar-refractivity contribution in [3.05, 3.63) is 89.5 Å². The number of nitrogens with zero attached hydrogens (tertiary/aromatic N) is 4. The van der Waals surface area contributed by atoms with Gasteiger partial charge in [0.05, 0.1) is 19.9 Å². The second-order valence-electron chi connectivity index (χ2n) is 9.32. The summed E-state index contributed by atoms with van der Waals surface area (Å²) < 4.78 is 13.3. The number of fused-ring (bicyclic) bond motifs is 6. The molecule has 2 bridgehead atoms. The SMILES string of the molecule is COc1ccc2cc1OCCCCN(C(=O)c1cnc3cccnn13)CCc1c([nH]c3ccccc13)C2. The molecule has 2 aromatic carbocycles. The zero-order chi connectivity index (χ0) is 25.2. The average molecular weight is 496 g/mol. The minimum absolute atomic E-state index is 0.0625. The number of hydrogen-bond acceptors (Lipinski definition) is 5. The Hall–Kier alpha value is -4.33. The van der Waals surface area contributed by atoms with Crippen LogP contribution in [0.25, 0.3) is 16.6 Å². The molecule has 0 spiro atoms. The van der Waals surface area contributed by atoms with E-state index in [0.717, 1.165) is 54.0 Å². The van der Waals surface area contributed by atoms with Crippen LogP contribution in [0.1, 0.15) is 40.2 Å². The highest BCUT2D eigenvalue weighted by Crippen LogP contribution is 2.31. The second kappa shape index (κ2) is 9.97. The van der Waals surface area contributed by atoms with Gasteiger partial charge in [-0.2, -0.15) is 5.10 Å². The summed E-state index contributed by atoms with van der Waals surface area (Å²) in [5.74, 6) is 1.41. The van der Waals surface area contributed by atoms with Crippen molar-refractivity contribution >= 4 is 22.5 Å².